The molecule has 1 heterocycles. The summed E-state index contributed by atoms with van der Waals surface area (Å²) in [5, 5.41) is 12.7. The lowest BCUT2D eigenvalue weighted by Crippen LogP contribution is -2.26. The van der Waals surface area contributed by atoms with Gasteiger partial charge >= 0.3 is 18.4 Å². The van der Waals surface area contributed by atoms with Gasteiger partial charge in [0, 0.05) is 12.1 Å². The average molecular weight is 490 g/mol. The van der Waals surface area contributed by atoms with E-state index >= 15 is 0 Å². The molecule has 1 aromatic heterocycles. The highest BCUT2D eigenvalue weighted by molar-refractivity contribution is 6.31. The van der Waals surface area contributed by atoms with E-state index in [2.05, 4.69) is 26.0 Å². The lowest BCUT2D eigenvalue weighted by Gasteiger charge is -2.12. The van der Waals surface area contributed by atoms with Crippen molar-refractivity contribution in [1.29, 1.82) is 0 Å². The zero-order chi connectivity index (χ0) is 24.2. The molecule has 0 atom stereocenters. The molecule has 3 N–H and O–H groups in total. The topological polar surface area (TPSA) is 82.2 Å². The Hall–Kier alpha value is -3.54. The van der Waals surface area contributed by atoms with E-state index in [9.17, 15) is 31.1 Å². The molecule has 6 nitrogen and oxygen atoms in total. The molecular weight excluding hydrogens is 476 g/mol. The van der Waals surface area contributed by atoms with Gasteiger partial charge < -0.3 is 5.32 Å². The van der Waals surface area contributed by atoms with Gasteiger partial charge in [-0.25, -0.2) is 10.2 Å². The first-order valence-corrected chi connectivity index (χ1v) is 9.47. The molecule has 0 saturated heterocycles. The number of benzene rings is 2. The van der Waals surface area contributed by atoms with E-state index in [0.29, 0.717) is 5.69 Å². The van der Waals surface area contributed by atoms with Crippen LogP contribution in [0.3, 0.4) is 0 Å². The van der Waals surface area contributed by atoms with E-state index in [-0.39, 0.29) is 28.4 Å². The highest BCUT2D eigenvalue weighted by atomic mass is 35.5. The summed E-state index contributed by atoms with van der Waals surface area (Å²) in [4.78, 5) is 12.1. The molecule has 0 aliphatic rings. The molecule has 2 aromatic carbocycles. The van der Waals surface area contributed by atoms with Crippen LogP contribution in [0.4, 0.5) is 36.8 Å². The van der Waals surface area contributed by atoms with Crippen LogP contribution in [-0.2, 0) is 18.8 Å². The third-order valence-electron chi connectivity index (χ3n) is 4.30. The number of hydrazone groups is 1. The molecule has 0 radical (unpaired) electrons. The number of nitrogens with one attached hydrogen (secondary N) is 3. The number of nitrogens with zero attached hydrogens (tertiary/aromatic N) is 2. The zero-order valence-electron chi connectivity index (χ0n) is 16.4. The van der Waals surface area contributed by atoms with E-state index in [1.807, 2.05) is 0 Å². The number of anilines is 1. The number of aromatic nitrogens is 2. The molecule has 33 heavy (non-hydrogen) atoms. The summed E-state index contributed by atoms with van der Waals surface area (Å²) in [6, 6.07) is 7.04. The minimum absolute atomic E-state index is 0.0230. The summed E-state index contributed by atoms with van der Waals surface area (Å²) < 4.78 is 77.2. The van der Waals surface area contributed by atoms with Crippen molar-refractivity contribution >= 4 is 29.0 Å². The van der Waals surface area contributed by atoms with Crippen LogP contribution < -0.4 is 10.7 Å². The highest BCUT2D eigenvalue weighted by Gasteiger charge is 2.31. The summed E-state index contributed by atoms with van der Waals surface area (Å²) in [7, 11) is 0. The minimum Gasteiger partial charge on any atom is -0.307 e. The van der Waals surface area contributed by atoms with Gasteiger partial charge in [0.2, 0.25) is 0 Å². The fourth-order valence-corrected chi connectivity index (χ4v) is 2.85. The second-order valence-corrected chi connectivity index (χ2v) is 7.06. The van der Waals surface area contributed by atoms with Gasteiger partial charge in [-0.2, -0.15) is 36.5 Å². The van der Waals surface area contributed by atoms with Gasteiger partial charge in [-0.1, -0.05) is 23.7 Å². The Bertz CT molecular complexity index is 1150. The van der Waals surface area contributed by atoms with Gasteiger partial charge in [0.15, 0.2) is 0 Å². The molecule has 0 fully saturated rings. The van der Waals surface area contributed by atoms with Gasteiger partial charge in [-0.3, -0.25) is 5.10 Å². The molecule has 174 valence electrons. The minimum atomic E-state index is -4.60. The Balaban J connectivity index is 1.81. The summed E-state index contributed by atoms with van der Waals surface area (Å²) in [5.41, 5.74) is 0.787. The van der Waals surface area contributed by atoms with E-state index < -0.39 is 29.5 Å². The number of aromatic amines is 1. The van der Waals surface area contributed by atoms with Gasteiger partial charge in [0.25, 0.3) is 0 Å². The van der Waals surface area contributed by atoms with Crippen LogP contribution in [0.25, 0.3) is 0 Å². The first-order chi connectivity index (χ1) is 15.4. The number of hydrogen-bond acceptors (Lipinski definition) is 3. The predicted molar refractivity (Wildman–Crippen MR) is 109 cm³/mol. The largest absolute Gasteiger partial charge is 0.416 e. The number of amides is 2. The number of alkyl halides is 6. The van der Waals surface area contributed by atoms with Crippen LogP contribution in [0.15, 0.2) is 59.8 Å². The average Bonchev–Trinajstić information content (AvgIpc) is 3.14. The van der Waals surface area contributed by atoms with Crippen LogP contribution in [0.5, 0.6) is 0 Å². The summed E-state index contributed by atoms with van der Waals surface area (Å²) >= 11 is 5.98. The first-order valence-electron chi connectivity index (χ1n) is 9.09. The Morgan fingerprint density at radius 3 is 2.24 bits per heavy atom. The standard InChI is InChI=1S/C20H14ClF6N5O/c21-15-10-28-30-17(15)9-16(11-2-1-3-13(8-11)20(25,26)27)31-32-18(33)29-14-6-4-12(5-7-14)19(22,23)24/h1-8,10H,9H2,(H,28,30)(H2,29,32,33)/b31-16-. The maximum atomic E-state index is 13.1. The monoisotopic (exact) mass is 489 g/mol. The fraction of sp³-hybridized carbons (Fsp3) is 0.150. The van der Waals surface area contributed by atoms with E-state index in [1.165, 1.54) is 18.3 Å². The van der Waals surface area contributed by atoms with Gasteiger partial charge in [-0.05, 0) is 42.0 Å². The molecule has 0 spiro atoms. The predicted octanol–water partition coefficient (Wildman–Crippen LogP) is 5.87. The maximum absolute atomic E-state index is 13.1. The third kappa shape index (κ3) is 6.48. The maximum Gasteiger partial charge on any atom is 0.416 e. The van der Waals surface area contributed by atoms with Crippen molar-refractivity contribution in [2.24, 2.45) is 5.10 Å². The van der Waals surface area contributed by atoms with Gasteiger partial charge in [0.05, 0.1) is 33.8 Å². The Kier molecular flexibility index (Phi) is 6.96. The molecule has 0 aliphatic carbocycles. The summed E-state index contributed by atoms with van der Waals surface area (Å²) in [6.45, 7) is 0. The number of hydrogen-bond donors (Lipinski definition) is 3. The van der Waals surface area contributed by atoms with E-state index in [0.717, 1.165) is 36.4 Å². The van der Waals surface area contributed by atoms with Crippen molar-refractivity contribution in [2.45, 2.75) is 18.8 Å². The molecule has 0 bridgehead atoms. The lowest BCUT2D eigenvalue weighted by atomic mass is 10.0. The number of urea groups is 1. The van der Waals surface area contributed by atoms with Crippen molar-refractivity contribution < 1.29 is 31.1 Å². The van der Waals surface area contributed by atoms with E-state index in [4.69, 9.17) is 11.6 Å². The van der Waals surface area contributed by atoms with Crippen LogP contribution >= 0.6 is 11.6 Å². The fourth-order valence-electron chi connectivity index (χ4n) is 2.69. The van der Waals surface area contributed by atoms with Crippen LogP contribution in [0.2, 0.25) is 5.02 Å². The first kappa shape index (κ1) is 24.1. The number of carbonyl (C=O) groups is 1. The van der Waals surface area contributed by atoms with Gasteiger partial charge in [-0.15, -0.1) is 0 Å². The van der Waals surface area contributed by atoms with Crippen molar-refractivity contribution in [2.75, 3.05) is 5.32 Å². The molecular formula is C20H14ClF6N5O. The molecule has 3 aromatic rings. The molecule has 13 heteroatoms. The normalized spacial score (nSPS) is 12.5. The van der Waals surface area contributed by atoms with Crippen molar-refractivity contribution in [3.05, 3.63) is 82.1 Å². The van der Waals surface area contributed by atoms with Crippen LogP contribution in [-0.4, -0.2) is 21.9 Å². The number of carbonyl (C=O) groups excluding carboxylic acids is 1. The van der Waals surface area contributed by atoms with Crippen LogP contribution in [0, 0.1) is 0 Å². The SMILES string of the molecule is O=C(N/N=C(/Cc1[nH]ncc1Cl)c1cccc(C(F)(F)F)c1)Nc1ccc(C(F)(F)F)cc1. The second-order valence-electron chi connectivity index (χ2n) is 6.65. The third-order valence-corrected chi connectivity index (χ3v) is 4.62. The zero-order valence-corrected chi connectivity index (χ0v) is 17.1. The number of H-pyrrole nitrogens is 1. The molecule has 0 unspecified atom stereocenters. The lowest BCUT2D eigenvalue weighted by molar-refractivity contribution is -0.138. The van der Waals surface area contributed by atoms with Crippen molar-refractivity contribution in [1.82, 2.24) is 15.6 Å². The Labute approximate surface area is 187 Å². The Morgan fingerprint density at radius 2 is 1.67 bits per heavy atom. The van der Waals surface area contributed by atoms with Crippen molar-refractivity contribution in [3.63, 3.8) is 0 Å². The molecule has 0 aliphatic heterocycles. The second kappa shape index (κ2) is 9.53. The van der Waals surface area contributed by atoms with Gasteiger partial charge in [0.1, 0.15) is 0 Å². The van der Waals surface area contributed by atoms with Crippen molar-refractivity contribution in [3.8, 4) is 0 Å². The van der Waals surface area contributed by atoms with E-state index in [1.54, 1.807) is 0 Å². The molecule has 0 saturated carbocycles. The summed E-state index contributed by atoms with van der Waals surface area (Å²) in [5.74, 6) is 0. The number of halogens is 7. The highest BCUT2D eigenvalue weighted by Crippen LogP contribution is 2.31. The Morgan fingerprint density at radius 1 is 1.00 bits per heavy atom. The molecule has 3 rings (SSSR count). The summed E-state index contributed by atoms with van der Waals surface area (Å²) in [6.07, 6.45) is -7.93. The smallest absolute Gasteiger partial charge is 0.307 e. The molecule has 2 amide bonds. The quantitative estimate of drug-likeness (QED) is 0.238. The van der Waals surface area contributed by atoms with Crippen LogP contribution in [0.1, 0.15) is 22.4 Å². The number of rotatable bonds is 5.